The van der Waals surface area contributed by atoms with Crippen LogP contribution in [0, 0.1) is 0 Å². The van der Waals surface area contributed by atoms with E-state index in [0.29, 0.717) is 6.61 Å². The van der Waals surface area contributed by atoms with Gasteiger partial charge in [0.05, 0.1) is 6.61 Å². The van der Waals surface area contributed by atoms with Crippen LogP contribution in [0.15, 0.2) is 18.2 Å². The van der Waals surface area contributed by atoms with E-state index in [9.17, 15) is 9.90 Å². The topological polar surface area (TPSA) is 58.6 Å². The highest BCUT2D eigenvalue weighted by atomic mass is 16.5. The van der Waals surface area contributed by atoms with Crippen molar-refractivity contribution in [1.82, 2.24) is 5.32 Å². The van der Waals surface area contributed by atoms with E-state index in [1.165, 1.54) is 0 Å². The number of aliphatic carboxylic acids is 1. The summed E-state index contributed by atoms with van der Waals surface area (Å²) < 4.78 is 5.41. The third-order valence-corrected chi connectivity index (χ3v) is 2.79. The number of fused-ring (bicyclic) bond motifs is 1. The number of hydrogen-bond donors (Lipinski definition) is 2. The zero-order valence-corrected chi connectivity index (χ0v) is 10.1. The lowest BCUT2D eigenvalue weighted by atomic mass is 10.0. The molecule has 92 valence electrons. The predicted octanol–water partition coefficient (Wildman–Crippen LogP) is 1.75. The van der Waals surface area contributed by atoms with Gasteiger partial charge in [-0.2, -0.15) is 0 Å². The first-order valence-electron chi connectivity index (χ1n) is 5.82. The average molecular weight is 235 g/mol. The Kier molecular flexibility index (Phi) is 3.33. The van der Waals surface area contributed by atoms with Gasteiger partial charge in [0.25, 0.3) is 0 Å². The highest BCUT2D eigenvalue weighted by Gasteiger charge is 2.22. The van der Waals surface area contributed by atoms with Crippen molar-refractivity contribution < 1.29 is 14.6 Å². The SMILES string of the molecule is CC(C)NC(C(=O)O)c1ccc2c(c1)CCO2. The van der Waals surface area contributed by atoms with E-state index in [1.54, 1.807) is 0 Å². The van der Waals surface area contributed by atoms with Crippen molar-refractivity contribution in [2.75, 3.05) is 6.61 Å². The minimum atomic E-state index is -0.849. The highest BCUT2D eigenvalue weighted by Crippen LogP contribution is 2.28. The molecule has 0 saturated heterocycles. The molecular weight excluding hydrogens is 218 g/mol. The number of benzene rings is 1. The summed E-state index contributed by atoms with van der Waals surface area (Å²) in [5, 5.41) is 12.3. The molecule has 0 aromatic heterocycles. The quantitative estimate of drug-likeness (QED) is 0.834. The normalized spacial score (nSPS) is 15.5. The third kappa shape index (κ3) is 2.58. The van der Waals surface area contributed by atoms with Gasteiger partial charge in [-0.15, -0.1) is 0 Å². The molecule has 0 spiro atoms. The number of carboxylic acids is 1. The fraction of sp³-hybridized carbons (Fsp3) is 0.462. The maximum absolute atomic E-state index is 11.2. The second kappa shape index (κ2) is 4.75. The maximum Gasteiger partial charge on any atom is 0.325 e. The summed E-state index contributed by atoms with van der Waals surface area (Å²) in [6.45, 7) is 4.56. The van der Waals surface area contributed by atoms with Gasteiger partial charge in [-0.1, -0.05) is 6.07 Å². The monoisotopic (exact) mass is 235 g/mol. The van der Waals surface area contributed by atoms with Crippen LogP contribution in [-0.4, -0.2) is 23.7 Å². The van der Waals surface area contributed by atoms with E-state index in [0.717, 1.165) is 23.3 Å². The Morgan fingerprint density at radius 1 is 1.47 bits per heavy atom. The van der Waals surface area contributed by atoms with E-state index < -0.39 is 12.0 Å². The van der Waals surface area contributed by atoms with E-state index in [2.05, 4.69) is 5.32 Å². The van der Waals surface area contributed by atoms with E-state index in [4.69, 9.17) is 4.74 Å². The van der Waals surface area contributed by atoms with Gasteiger partial charge < -0.3 is 9.84 Å². The van der Waals surface area contributed by atoms with Gasteiger partial charge in [-0.05, 0) is 37.1 Å². The lowest BCUT2D eigenvalue weighted by molar-refractivity contribution is -0.139. The second-order valence-electron chi connectivity index (χ2n) is 4.56. The van der Waals surface area contributed by atoms with Crippen LogP contribution in [0.5, 0.6) is 5.75 Å². The van der Waals surface area contributed by atoms with Crippen molar-refractivity contribution in [3.63, 3.8) is 0 Å². The van der Waals surface area contributed by atoms with Crippen LogP contribution in [0.4, 0.5) is 0 Å². The number of carbonyl (C=O) groups is 1. The average Bonchev–Trinajstić information content (AvgIpc) is 2.72. The summed E-state index contributed by atoms with van der Waals surface area (Å²) in [6, 6.07) is 5.08. The Morgan fingerprint density at radius 3 is 2.88 bits per heavy atom. The Bertz CT molecular complexity index is 429. The Morgan fingerprint density at radius 2 is 2.24 bits per heavy atom. The Hall–Kier alpha value is -1.55. The summed E-state index contributed by atoms with van der Waals surface area (Å²) in [4.78, 5) is 11.2. The number of nitrogens with one attached hydrogen (secondary N) is 1. The van der Waals surface area contributed by atoms with Crippen molar-refractivity contribution in [2.24, 2.45) is 0 Å². The Balaban J connectivity index is 2.27. The third-order valence-electron chi connectivity index (χ3n) is 2.79. The lowest BCUT2D eigenvalue weighted by Crippen LogP contribution is -2.33. The summed E-state index contributed by atoms with van der Waals surface area (Å²) in [5.41, 5.74) is 1.88. The molecule has 1 aromatic rings. The standard InChI is InChI=1S/C13H17NO3/c1-8(2)14-12(13(15)16)10-3-4-11-9(7-10)5-6-17-11/h3-4,7-8,12,14H,5-6H2,1-2H3,(H,15,16). The molecule has 4 nitrogen and oxygen atoms in total. The molecule has 1 unspecified atom stereocenters. The summed E-state index contributed by atoms with van der Waals surface area (Å²) in [7, 11) is 0. The minimum Gasteiger partial charge on any atom is -0.493 e. The Labute approximate surface area is 101 Å². The number of ether oxygens (including phenoxy) is 1. The molecule has 0 fully saturated rings. The zero-order valence-electron chi connectivity index (χ0n) is 10.1. The molecule has 1 aromatic carbocycles. The van der Waals surface area contributed by atoms with Crippen molar-refractivity contribution in [3.05, 3.63) is 29.3 Å². The first-order valence-corrected chi connectivity index (χ1v) is 5.82. The predicted molar refractivity (Wildman–Crippen MR) is 64.3 cm³/mol. The molecule has 0 bridgehead atoms. The zero-order chi connectivity index (χ0) is 12.4. The summed E-state index contributed by atoms with van der Waals surface area (Å²) in [6.07, 6.45) is 0.858. The molecule has 1 aliphatic heterocycles. The molecule has 1 heterocycles. The molecule has 17 heavy (non-hydrogen) atoms. The molecule has 1 atom stereocenters. The molecule has 2 N–H and O–H groups in total. The van der Waals surface area contributed by atoms with Gasteiger partial charge >= 0.3 is 5.97 Å². The molecule has 4 heteroatoms. The van der Waals surface area contributed by atoms with Gasteiger partial charge in [0.2, 0.25) is 0 Å². The minimum absolute atomic E-state index is 0.126. The van der Waals surface area contributed by atoms with Crippen LogP contribution in [0.1, 0.15) is 31.0 Å². The van der Waals surface area contributed by atoms with Crippen LogP contribution in [0.3, 0.4) is 0 Å². The van der Waals surface area contributed by atoms with E-state index >= 15 is 0 Å². The number of rotatable bonds is 4. The summed E-state index contributed by atoms with van der Waals surface area (Å²) in [5.74, 6) is 0.0278. The van der Waals surface area contributed by atoms with Crippen molar-refractivity contribution in [2.45, 2.75) is 32.4 Å². The van der Waals surface area contributed by atoms with Crippen LogP contribution in [-0.2, 0) is 11.2 Å². The van der Waals surface area contributed by atoms with Crippen molar-refractivity contribution >= 4 is 5.97 Å². The highest BCUT2D eigenvalue weighted by molar-refractivity contribution is 5.75. The van der Waals surface area contributed by atoms with Crippen LogP contribution in [0.2, 0.25) is 0 Å². The first kappa shape index (κ1) is 11.9. The van der Waals surface area contributed by atoms with Gasteiger partial charge in [-0.25, -0.2) is 0 Å². The van der Waals surface area contributed by atoms with Gasteiger partial charge in [0.1, 0.15) is 11.8 Å². The molecule has 0 radical (unpaired) electrons. The second-order valence-corrected chi connectivity index (χ2v) is 4.56. The van der Waals surface area contributed by atoms with Crippen LogP contribution < -0.4 is 10.1 Å². The number of hydrogen-bond acceptors (Lipinski definition) is 3. The number of carboxylic acid groups (broad SMARTS) is 1. The smallest absolute Gasteiger partial charge is 0.325 e. The van der Waals surface area contributed by atoms with Gasteiger partial charge in [-0.3, -0.25) is 10.1 Å². The van der Waals surface area contributed by atoms with Gasteiger partial charge in [0.15, 0.2) is 0 Å². The summed E-state index contributed by atoms with van der Waals surface area (Å²) >= 11 is 0. The largest absolute Gasteiger partial charge is 0.493 e. The fourth-order valence-corrected chi connectivity index (χ4v) is 2.03. The molecule has 1 aliphatic rings. The van der Waals surface area contributed by atoms with Crippen molar-refractivity contribution in [3.8, 4) is 5.75 Å². The molecule has 0 saturated carbocycles. The first-order chi connectivity index (χ1) is 8.08. The molecule has 0 amide bonds. The van der Waals surface area contributed by atoms with Crippen LogP contribution >= 0.6 is 0 Å². The molecule has 2 rings (SSSR count). The van der Waals surface area contributed by atoms with Gasteiger partial charge in [0, 0.05) is 12.5 Å². The molecular formula is C13H17NO3. The maximum atomic E-state index is 11.2. The van der Waals surface area contributed by atoms with Crippen LogP contribution in [0.25, 0.3) is 0 Å². The lowest BCUT2D eigenvalue weighted by Gasteiger charge is -2.18. The molecule has 0 aliphatic carbocycles. The fourth-order valence-electron chi connectivity index (χ4n) is 2.03. The van der Waals surface area contributed by atoms with E-state index in [-0.39, 0.29) is 6.04 Å². The van der Waals surface area contributed by atoms with E-state index in [1.807, 2.05) is 32.0 Å². The van der Waals surface area contributed by atoms with Crippen molar-refractivity contribution in [1.29, 1.82) is 0 Å².